The molecule has 0 amide bonds. The maximum Gasteiger partial charge on any atom is 0.108 e. The van der Waals surface area contributed by atoms with Crippen molar-refractivity contribution in [3.8, 4) is 0 Å². The predicted molar refractivity (Wildman–Crippen MR) is 105 cm³/mol. The second kappa shape index (κ2) is 6.72. The van der Waals surface area contributed by atoms with Crippen LogP contribution in [-0.2, 0) is 13.0 Å². The van der Waals surface area contributed by atoms with Crippen molar-refractivity contribution in [2.45, 2.75) is 45.1 Å². The topological polar surface area (TPSA) is 24.4 Å². The molecule has 1 saturated carbocycles. The van der Waals surface area contributed by atoms with Crippen LogP contribution in [0, 0.1) is 5.41 Å². The fraction of sp³-hybridized carbons (Fsp3) is 0.381. The summed E-state index contributed by atoms with van der Waals surface area (Å²) in [6.07, 6.45) is 7.63. The summed E-state index contributed by atoms with van der Waals surface area (Å²) in [7, 11) is 0. The number of rotatable bonds is 2. The standard InChI is InChI=1S/C21H23BrN2/c22-18-10-4-2-9-17(18)15-23-20-21(12-6-1-7-13-21)14-16-8-3-5-11-19(16)24-20/h2-5,8-11H,1,6-7,12-15H2,(H,23,24). The third-order valence-electron chi connectivity index (χ3n) is 5.48. The van der Waals surface area contributed by atoms with E-state index in [1.54, 1.807) is 0 Å². The van der Waals surface area contributed by atoms with Crippen LogP contribution in [0.1, 0.15) is 43.2 Å². The lowest BCUT2D eigenvalue weighted by atomic mass is 9.67. The highest BCUT2D eigenvalue weighted by Crippen LogP contribution is 2.45. The van der Waals surface area contributed by atoms with Crippen molar-refractivity contribution in [3.05, 3.63) is 64.1 Å². The van der Waals surface area contributed by atoms with Gasteiger partial charge in [-0.1, -0.05) is 71.6 Å². The lowest BCUT2D eigenvalue weighted by Gasteiger charge is -2.42. The minimum Gasteiger partial charge on any atom is -0.343 e. The highest BCUT2D eigenvalue weighted by molar-refractivity contribution is 9.10. The zero-order chi connectivity index (χ0) is 16.4. The molecule has 0 aromatic heterocycles. The highest BCUT2D eigenvalue weighted by atomic mass is 79.9. The molecule has 0 saturated heterocycles. The van der Waals surface area contributed by atoms with Gasteiger partial charge in [0.1, 0.15) is 5.84 Å². The SMILES string of the molecule is Brc1ccccc1CN=C1Nc2ccccc2CC12CCCCC2. The van der Waals surface area contributed by atoms with Crippen molar-refractivity contribution < 1.29 is 0 Å². The summed E-state index contributed by atoms with van der Waals surface area (Å²) in [6.45, 7) is 0.730. The molecule has 24 heavy (non-hydrogen) atoms. The molecule has 1 spiro atoms. The summed E-state index contributed by atoms with van der Waals surface area (Å²) in [4.78, 5) is 5.07. The zero-order valence-electron chi connectivity index (χ0n) is 13.9. The first-order chi connectivity index (χ1) is 11.8. The van der Waals surface area contributed by atoms with Crippen LogP contribution in [-0.4, -0.2) is 5.84 Å². The molecule has 0 atom stereocenters. The van der Waals surface area contributed by atoms with E-state index >= 15 is 0 Å². The van der Waals surface area contributed by atoms with Gasteiger partial charge in [-0.25, -0.2) is 0 Å². The molecule has 3 heteroatoms. The number of aliphatic imine (C=N–C) groups is 1. The Hall–Kier alpha value is -1.61. The van der Waals surface area contributed by atoms with Crippen LogP contribution in [0.25, 0.3) is 0 Å². The lowest BCUT2D eigenvalue weighted by Crippen LogP contribution is -2.43. The van der Waals surface area contributed by atoms with E-state index in [9.17, 15) is 0 Å². The minimum atomic E-state index is 0.216. The molecule has 1 aliphatic heterocycles. The normalized spacial score (nSPS) is 20.6. The molecule has 1 N–H and O–H groups in total. The Morgan fingerprint density at radius 2 is 1.71 bits per heavy atom. The Morgan fingerprint density at radius 1 is 0.958 bits per heavy atom. The average molecular weight is 383 g/mol. The summed E-state index contributed by atoms with van der Waals surface area (Å²) in [5.74, 6) is 1.21. The minimum absolute atomic E-state index is 0.216. The maximum atomic E-state index is 5.07. The third kappa shape index (κ3) is 3.02. The number of nitrogens with zero attached hydrogens (tertiary/aromatic N) is 1. The van der Waals surface area contributed by atoms with Crippen LogP contribution < -0.4 is 5.32 Å². The first kappa shape index (κ1) is 15.9. The van der Waals surface area contributed by atoms with Gasteiger partial charge < -0.3 is 5.32 Å². The smallest absolute Gasteiger partial charge is 0.108 e. The van der Waals surface area contributed by atoms with E-state index in [1.807, 2.05) is 0 Å². The number of amidine groups is 1. The molecule has 0 unspecified atom stereocenters. The second-order valence-electron chi connectivity index (χ2n) is 7.06. The predicted octanol–water partition coefficient (Wildman–Crippen LogP) is 5.97. The molecule has 2 aromatic carbocycles. The molecule has 124 valence electrons. The van der Waals surface area contributed by atoms with Crippen LogP contribution in [0.3, 0.4) is 0 Å². The van der Waals surface area contributed by atoms with E-state index < -0.39 is 0 Å². The third-order valence-corrected chi connectivity index (χ3v) is 6.25. The number of anilines is 1. The summed E-state index contributed by atoms with van der Waals surface area (Å²) in [5.41, 5.74) is 4.14. The summed E-state index contributed by atoms with van der Waals surface area (Å²) in [5, 5.41) is 3.68. The molecular formula is C21H23BrN2. The highest BCUT2D eigenvalue weighted by Gasteiger charge is 2.40. The first-order valence-corrected chi connectivity index (χ1v) is 9.69. The van der Waals surface area contributed by atoms with Gasteiger partial charge in [0.25, 0.3) is 0 Å². The van der Waals surface area contributed by atoms with E-state index in [1.165, 1.54) is 54.8 Å². The van der Waals surface area contributed by atoms with E-state index in [4.69, 9.17) is 4.99 Å². The summed E-state index contributed by atoms with van der Waals surface area (Å²) in [6, 6.07) is 17.1. The van der Waals surface area contributed by atoms with E-state index in [0.29, 0.717) is 0 Å². The summed E-state index contributed by atoms with van der Waals surface area (Å²) >= 11 is 3.64. The molecule has 4 rings (SSSR count). The number of fused-ring (bicyclic) bond motifs is 1. The summed E-state index contributed by atoms with van der Waals surface area (Å²) < 4.78 is 1.14. The van der Waals surface area contributed by atoms with Crippen LogP contribution in [0.2, 0.25) is 0 Å². The van der Waals surface area contributed by atoms with Crippen molar-refractivity contribution in [3.63, 3.8) is 0 Å². The molecule has 2 aliphatic rings. The van der Waals surface area contributed by atoms with Crippen LogP contribution in [0.5, 0.6) is 0 Å². The monoisotopic (exact) mass is 382 g/mol. The largest absolute Gasteiger partial charge is 0.343 e. The number of hydrogen-bond acceptors (Lipinski definition) is 1. The van der Waals surface area contributed by atoms with Crippen molar-refractivity contribution in [2.75, 3.05) is 5.32 Å². The van der Waals surface area contributed by atoms with Gasteiger partial charge in [0, 0.05) is 15.6 Å². The van der Waals surface area contributed by atoms with E-state index in [2.05, 4.69) is 69.8 Å². The Balaban J connectivity index is 1.68. The molecule has 1 aliphatic carbocycles. The van der Waals surface area contributed by atoms with Gasteiger partial charge in [-0.3, -0.25) is 4.99 Å². The van der Waals surface area contributed by atoms with Gasteiger partial charge in [0.2, 0.25) is 0 Å². The van der Waals surface area contributed by atoms with Crippen molar-refractivity contribution in [2.24, 2.45) is 10.4 Å². The fourth-order valence-corrected chi connectivity index (χ4v) is 4.56. The van der Waals surface area contributed by atoms with E-state index in [0.717, 1.165) is 17.4 Å². The number of para-hydroxylation sites is 1. The Bertz CT molecular complexity index is 760. The quantitative estimate of drug-likeness (QED) is 0.679. The Labute approximate surface area is 152 Å². The molecule has 1 fully saturated rings. The van der Waals surface area contributed by atoms with Crippen LogP contribution in [0.15, 0.2) is 58.0 Å². The number of halogens is 1. The first-order valence-electron chi connectivity index (χ1n) is 8.90. The fourth-order valence-electron chi connectivity index (χ4n) is 4.15. The molecule has 0 radical (unpaired) electrons. The van der Waals surface area contributed by atoms with Crippen molar-refractivity contribution in [1.29, 1.82) is 0 Å². The Morgan fingerprint density at radius 3 is 2.54 bits per heavy atom. The van der Waals surface area contributed by atoms with Crippen LogP contribution >= 0.6 is 15.9 Å². The lowest BCUT2D eigenvalue weighted by molar-refractivity contribution is 0.278. The Kier molecular flexibility index (Phi) is 4.45. The molecule has 2 nitrogen and oxygen atoms in total. The van der Waals surface area contributed by atoms with Gasteiger partial charge in [-0.15, -0.1) is 0 Å². The zero-order valence-corrected chi connectivity index (χ0v) is 15.5. The number of benzene rings is 2. The maximum absolute atomic E-state index is 5.07. The average Bonchev–Trinajstić information content (AvgIpc) is 2.62. The number of hydrogen-bond donors (Lipinski definition) is 1. The van der Waals surface area contributed by atoms with Crippen molar-refractivity contribution >= 4 is 27.5 Å². The van der Waals surface area contributed by atoms with Gasteiger partial charge in [-0.2, -0.15) is 0 Å². The molecule has 1 heterocycles. The van der Waals surface area contributed by atoms with Gasteiger partial charge in [0.15, 0.2) is 0 Å². The van der Waals surface area contributed by atoms with Crippen LogP contribution in [0.4, 0.5) is 5.69 Å². The van der Waals surface area contributed by atoms with Gasteiger partial charge in [0.05, 0.1) is 6.54 Å². The van der Waals surface area contributed by atoms with Gasteiger partial charge in [-0.05, 0) is 42.5 Å². The second-order valence-corrected chi connectivity index (χ2v) is 7.91. The van der Waals surface area contributed by atoms with Crippen molar-refractivity contribution in [1.82, 2.24) is 0 Å². The number of nitrogens with one attached hydrogen (secondary N) is 1. The molecule has 0 bridgehead atoms. The molecule has 2 aromatic rings. The van der Waals surface area contributed by atoms with E-state index in [-0.39, 0.29) is 5.41 Å². The van der Waals surface area contributed by atoms with Gasteiger partial charge >= 0.3 is 0 Å². The molecular weight excluding hydrogens is 360 g/mol.